The number of carboxylic acids is 1. The predicted octanol–water partition coefficient (Wildman–Crippen LogP) is -0.776. The smallest absolute Gasteiger partial charge is 0.353 e. The van der Waals surface area contributed by atoms with Crippen molar-refractivity contribution in [3.63, 3.8) is 0 Å². The lowest BCUT2D eigenvalue weighted by atomic mass is 10.2. The number of carbonyl (C=O) groups excluding carboxylic acids is 1. The SMILES string of the molecule is Cc1noc(CNC(=O)C2CC(C(=O)O)=NO2)n1. The fourth-order valence-corrected chi connectivity index (χ4v) is 1.33. The summed E-state index contributed by atoms with van der Waals surface area (Å²) in [5.41, 5.74) is -0.177. The van der Waals surface area contributed by atoms with Crippen LogP contribution >= 0.6 is 0 Å². The third-order valence-corrected chi connectivity index (χ3v) is 2.19. The van der Waals surface area contributed by atoms with Crippen LogP contribution in [0.5, 0.6) is 0 Å². The van der Waals surface area contributed by atoms with Crippen LogP contribution in [0, 0.1) is 6.92 Å². The van der Waals surface area contributed by atoms with Gasteiger partial charge in [-0.05, 0) is 6.92 Å². The number of oxime groups is 1. The molecular formula is C9H10N4O5. The van der Waals surface area contributed by atoms with Gasteiger partial charge in [0.25, 0.3) is 5.91 Å². The van der Waals surface area contributed by atoms with Crippen LogP contribution in [-0.4, -0.2) is 38.9 Å². The lowest BCUT2D eigenvalue weighted by Crippen LogP contribution is -2.34. The lowest BCUT2D eigenvalue weighted by molar-refractivity contribution is -0.131. The zero-order valence-electron chi connectivity index (χ0n) is 9.41. The molecule has 0 fully saturated rings. The lowest BCUT2D eigenvalue weighted by Gasteiger charge is -2.06. The van der Waals surface area contributed by atoms with Crippen molar-refractivity contribution in [2.45, 2.75) is 26.0 Å². The zero-order chi connectivity index (χ0) is 13.1. The second-order valence-corrected chi connectivity index (χ2v) is 3.59. The number of aromatic nitrogens is 2. The summed E-state index contributed by atoms with van der Waals surface area (Å²) in [5, 5.41) is 18.0. The van der Waals surface area contributed by atoms with Gasteiger partial charge in [-0.3, -0.25) is 4.79 Å². The maximum Gasteiger partial charge on any atom is 0.353 e. The molecule has 0 bridgehead atoms. The van der Waals surface area contributed by atoms with E-state index in [4.69, 9.17) is 14.5 Å². The molecule has 2 N–H and O–H groups in total. The average molecular weight is 254 g/mol. The Bertz CT molecular complexity index is 509. The van der Waals surface area contributed by atoms with Gasteiger partial charge in [0.05, 0.1) is 6.54 Å². The Kier molecular flexibility index (Phi) is 3.22. The fraction of sp³-hybridized carbons (Fsp3) is 0.444. The molecular weight excluding hydrogens is 244 g/mol. The van der Waals surface area contributed by atoms with Crippen molar-refractivity contribution in [3.05, 3.63) is 11.7 Å². The molecule has 1 amide bonds. The van der Waals surface area contributed by atoms with Crippen LogP contribution in [0.15, 0.2) is 9.68 Å². The van der Waals surface area contributed by atoms with Crippen LogP contribution in [0.4, 0.5) is 0 Å². The van der Waals surface area contributed by atoms with E-state index in [1.165, 1.54) is 0 Å². The summed E-state index contributed by atoms with van der Waals surface area (Å²) in [6.45, 7) is 1.71. The first-order valence-corrected chi connectivity index (χ1v) is 5.09. The number of amides is 1. The first kappa shape index (κ1) is 12.0. The summed E-state index contributed by atoms with van der Waals surface area (Å²) in [5.74, 6) is -0.949. The van der Waals surface area contributed by atoms with Gasteiger partial charge in [-0.15, -0.1) is 0 Å². The van der Waals surface area contributed by atoms with E-state index >= 15 is 0 Å². The molecule has 1 aromatic rings. The molecule has 18 heavy (non-hydrogen) atoms. The first-order chi connectivity index (χ1) is 8.56. The van der Waals surface area contributed by atoms with Crippen LogP contribution in [0.2, 0.25) is 0 Å². The summed E-state index contributed by atoms with van der Waals surface area (Å²) in [7, 11) is 0. The topological polar surface area (TPSA) is 127 Å². The molecule has 0 aromatic carbocycles. The summed E-state index contributed by atoms with van der Waals surface area (Å²) >= 11 is 0. The standard InChI is InChI=1S/C9H10N4O5/c1-4-11-7(18-12-4)3-10-8(14)6-2-5(9(15)16)13-17-6/h6H,2-3H2,1H3,(H,10,14)(H,15,16). The number of aliphatic carboxylic acids is 1. The number of nitrogens with one attached hydrogen (secondary N) is 1. The monoisotopic (exact) mass is 254 g/mol. The first-order valence-electron chi connectivity index (χ1n) is 5.09. The molecule has 1 unspecified atom stereocenters. The normalized spacial score (nSPS) is 18.1. The highest BCUT2D eigenvalue weighted by atomic mass is 16.6. The Morgan fingerprint density at radius 1 is 1.56 bits per heavy atom. The van der Waals surface area contributed by atoms with Gasteiger partial charge >= 0.3 is 5.97 Å². The molecule has 0 saturated heterocycles. The highest BCUT2D eigenvalue weighted by Gasteiger charge is 2.31. The summed E-state index contributed by atoms with van der Waals surface area (Å²) in [6, 6.07) is 0. The van der Waals surface area contributed by atoms with E-state index in [9.17, 15) is 9.59 Å². The molecule has 0 radical (unpaired) electrons. The van der Waals surface area contributed by atoms with Gasteiger partial charge in [-0.25, -0.2) is 4.79 Å². The summed E-state index contributed by atoms with van der Waals surface area (Å²) in [4.78, 5) is 30.8. The van der Waals surface area contributed by atoms with Crippen molar-refractivity contribution in [3.8, 4) is 0 Å². The van der Waals surface area contributed by atoms with Gasteiger partial charge in [-0.1, -0.05) is 10.3 Å². The molecule has 0 spiro atoms. The second-order valence-electron chi connectivity index (χ2n) is 3.59. The Morgan fingerprint density at radius 3 is 2.89 bits per heavy atom. The molecule has 1 aromatic heterocycles. The van der Waals surface area contributed by atoms with Gasteiger partial charge in [0.15, 0.2) is 11.5 Å². The largest absolute Gasteiger partial charge is 0.477 e. The van der Waals surface area contributed by atoms with Crippen LogP contribution in [0.3, 0.4) is 0 Å². The molecule has 96 valence electrons. The molecule has 0 aliphatic carbocycles. The number of rotatable bonds is 4. The minimum Gasteiger partial charge on any atom is -0.477 e. The van der Waals surface area contributed by atoms with Crippen LogP contribution < -0.4 is 5.32 Å². The average Bonchev–Trinajstić information content (AvgIpc) is 2.94. The van der Waals surface area contributed by atoms with Gasteiger partial charge in [0.1, 0.15) is 0 Å². The van der Waals surface area contributed by atoms with Gasteiger partial charge in [0.2, 0.25) is 12.0 Å². The highest BCUT2D eigenvalue weighted by molar-refractivity contribution is 6.36. The third kappa shape index (κ3) is 2.62. The maximum absolute atomic E-state index is 11.6. The number of nitrogens with zero attached hydrogens (tertiary/aromatic N) is 3. The van der Waals surface area contributed by atoms with Crippen LogP contribution in [-0.2, 0) is 21.0 Å². The van der Waals surface area contributed by atoms with Gasteiger partial charge < -0.3 is 19.8 Å². The molecule has 2 rings (SSSR count). The second kappa shape index (κ2) is 4.82. The molecule has 9 heteroatoms. The number of aryl methyl sites for hydroxylation is 1. The number of hydrogen-bond acceptors (Lipinski definition) is 7. The molecule has 1 aliphatic heterocycles. The van der Waals surface area contributed by atoms with Crippen molar-refractivity contribution < 1.29 is 24.1 Å². The van der Waals surface area contributed by atoms with Crippen molar-refractivity contribution in [2.75, 3.05) is 0 Å². The summed E-state index contributed by atoms with van der Waals surface area (Å²) < 4.78 is 4.80. The Labute approximate surface area is 101 Å². The van der Waals surface area contributed by atoms with Gasteiger partial charge in [0, 0.05) is 6.42 Å². The Morgan fingerprint density at radius 2 is 2.33 bits per heavy atom. The Hall–Kier alpha value is -2.45. The van der Waals surface area contributed by atoms with E-state index in [0.717, 1.165) is 0 Å². The van der Waals surface area contributed by atoms with Crippen LogP contribution in [0.25, 0.3) is 0 Å². The molecule has 9 nitrogen and oxygen atoms in total. The molecule has 0 saturated carbocycles. The van der Waals surface area contributed by atoms with E-state index in [2.05, 4.69) is 20.6 Å². The molecule has 1 aliphatic rings. The minimum atomic E-state index is -1.20. The van der Waals surface area contributed by atoms with E-state index in [0.29, 0.717) is 5.82 Å². The number of carboxylic acid groups (broad SMARTS) is 1. The van der Waals surface area contributed by atoms with E-state index in [1.807, 2.05) is 0 Å². The van der Waals surface area contributed by atoms with E-state index in [-0.39, 0.29) is 24.6 Å². The van der Waals surface area contributed by atoms with Gasteiger partial charge in [-0.2, -0.15) is 4.98 Å². The highest BCUT2D eigenvalue weighted by Crippen LogP contribution is 2.11. The Balaban J connectivity index is 1.82. The molecule has 2 heterocycles. The minimum absolute atomic E-state index is 0.0575. The van der Waals surface area contributed by atoms with Crippen molar-refractivity contribution in [2.24, 2.45) is 5.16 Å². The summed E-state index contributed by atoms with van der Waals surface area (Å²) in [6.07, 6.45) is -0.996. The van der Waals surface area contributed by atoms with Crippen molar-refractivity contribution in [1.29, 1.82) is 0 Å². The van der Waals surface area contributed by atoms with Crippen molar-refractivity contribution in [1.82, 2.24) is 15.5 Å². The van der Waals surface area contributed by atoms with E-state index < -0.39 is 18.0 Å². The quantitative estimate of drug-likeness (QED) is 0.721. The maximum atomic E-state index is 11.6. The molecule has 1 atom stereocenters. The number of hydrogen-bond donors (Lipinski definition) is 2. The zero-order valence-corrected chi connectivity index (χ0v) is 9.41. The number of carbonyl (C=O) groups is 2. The predicted molar refractivity (Wildman–Crippen MR) is 55.4 cm³/mol. The van der Waals surface area contributed by atoms with Crippen molar-refractivity contribution >= 4 is 17.6 Å². The third-order valence-electron chi connectivity index (χ3n) is 2.19. The van der Waals surface area contributed by atoms with E-state index in [1.54, 1.807) is 6.92 Å². The van der Waals surface area contributed by atoms with Crippen LogP contribution in [0.1, 0.15) is 18.1 Å². The fourth-order valence-electron chi connectivity index (χ4n) is 1.33.